The first-order valence-electron chi connectivity index (χ1n) is 14.3. The van der Waals surface area contributed by atoms with Gasteiger partial charge in [-0.2, -0.15) is 9.97 Å². The predicted octanol–water partition coefficient (Wildman–Crippen LogP) is 4.03. The van der Waals surface area contributed by atoms with Crippen molar-refractivity contribution >= 4 is 28.2 Å². The van der Waals surface area contributed by atoms with Crippen molar-refractivity contribution in [1.82, 2.24) is 19.8 Å². The van der Waals surface area contributed by atoms with Crippen LogP contribution in [0.3, 0.4) is 0 Å². The number of ether oxygens (including phenoxy) is 1. The molecular formula is C31H37FN6O2. The Balaban J connectivity index is 1.34. The second-order valence-corrected chi connectivity index (χ2v) is 11.0. The normalized spacial score (nSPS) is 19.9. The summed E-state index contributed by atoms with van der Waals surface area (Å²) in [5.41, 5.74) is 2.60. The lowest BCUT2D eigenvalue weighted by Gasteiger charge is -2.36. The first-order valence-corrected chi connectivity index (χ1v) is 14.3. The molecule has 3 aromatic rings. The monoisotopic (exact) mass is 544 g/mol. The molecule has 2 saturated heterocycles. The highest BCUT2D eigenvalue weighted by atomic mass is 19.1. The van der Waals surface area contributed by atoms with Gasteiger partial charge in [-0.15, -0.1) is 0 Å². The van der Waals surface area contributed by atoms with E-state index in [-0.39, 0.29) is 11.7 Å². The van der Waals surface area contributed by atoms with Crippen LogP contribution in [-0.2, 0) is 17.8 Å². The summed E-state index contributed by atoms with van der Waals surface area (Å²) in [5, 5.41) is 1.92. The number of aromatic nitrogens is 2. The molecule has 1 atom stereocenters. The second kappa shape index (κ2) is 11.4. The predicted molar refractivity (Wildman–Crippen MR) is 155 cm³/mol. The molecule has 0 bridgehead atoms. The Kier molecular flexibility index (Phi) is 7.56. The quantitative estimate of drug-likeness (QED) is 0.434. The molecule has 4 heterocycles. The zero-order valence-corrected chi connectivity index (χ0v) is 23.2. The van der Waals surface area contributed by atoms with Crippen LogP contribution in [0.15, 0.2) is 49.1 Å². The summed E-state index contributed by atoms with van der Waals surface area (Å²) in [5.74, 6) is 0.615. The average Bonchev–Trinajstić information content (AvgIpc) is 3.28. The molecule has 2 aromatic carbocycles. The standard InChI is InChI=1S/C31H37FN6O2/c1-3-28(39)36-16-18-37(19-17-36)30-25-11-7-15-38(29-24-10-5-4-8-22(24)12-13-26(29)32)20-27(25)33-31(34-30)40-21-23-9-6-14-35(23)2/h3-5,8,10,12-13,23H,1,6-7,9,11,14-21H2,2H3/t23-/m0/s1. The maximum atomic E-state index is 15.4. The molecule has 9 heteroatoms. The molecule has 8 nitrogen and oxygen atoms in total. The number of rotatable bonds is 6. The van der Waals surface area contributed by atoms with Crippen LogP contribution in [0.1, 0.15) is 30.5 Å². The highest BCUT2D eigenvalue weighted by Gasteiger charge is 2.29. The fourth-order valence-corrected chi connectivity index (χ4v) is 6.28. The number of carbonyl (C=O) groups excluding carboxylic acids is 1. The maximum Gasteiger partial charge on any atom is 0.318 e. The third-order valence-corrected chi connectivity index (χ3v) is 8.56. The van der Waals surface area contributed by atoms with Gasteiger partial charge in [-0.1, -0.05) is 36.9 Å². The van der Waals surface area contributed by atoms with Gasteiger partial charge in [0, 0.05) is 49.7 Å². The number of nitrogens with zero attached hydrogens (tertiary/aromatic N) is 6. The number of likely N-dealkylation sites (tertiary alicyclic amines) is 1. The summed E-state index contributed by atoms with van der Waals surface area (Å²) < 4.78 is 21.6. The van der Waals surface area contributed by atoms with E-state index in [1.54, 1.807) is 6.07 Å². The second-order valence-electron chi connectivity index (χ2n) is 11.0. The molecule has 0 radical (unpaired) electrons. The fourth-order valence-electron chi connectivity index (χ4n) is 6.28. The minimum atomic E-state index is -0.222. The van der Waals surface area contributed by atoms with Crippen LogP contribution in [0.2, 0.25) is 0 Å². The number of hydrogen-bond donors (Lipinski definition) is 0. The topological polar surface area (TPSA) is 65.0 Å². The largest absolute Gasteiger partial charge is 0.462 e. The van der Waals surface area contributed by atoms with Gasteiger partial charge in [-0.3, -0.25) is 4.79 Å². The summed E-state index contributed by atoms with van der Waals surface area (Å²) in [4.78, 5) is 30.6. The van der Waals surface area contributed by atoms with E-state index in [1.807, 2.05) is 35.2 Å². The molecule has 0 spiro atoms. The van der Waals surface area contributed by atoms with E-state index in [0.29, 0.717) is 63.6 Å². The third kappa shape index (κ3) is 5.22. The number of hydrogen-bond acceptors (Lipinski definition) is 7. The number of amides is 1. The zero-order valence-electron chi connectivity index (χ0n) is 23.2. The van der Waals surface area contributed by atoms with Gasteiger partial charge in [0.15, 0.2) is 0 Å². The summed E-state index contributed by atoms with van der Waals surface area (Å²) in [6.45, 7) is 9.01. The summed E-state index contributed by atoms with van der Waals surface area (Å²) in [6, 6.07) is 12.1. The Bertz CT molecular complexity index is 1410. The number of anilines is 2. The van der Waals surface area contributed by atoms with Crippen LogP contribution >= 0.6 is 0 Å². The van der Waals surface area contributed by atoms with Gasteiger partial charge in [0.1, 0.15) is 18.2 Å². The summed E-state index contributed by atoms with van der Waals surface area (Å²) in [7, 11) is 2.13. The number of piperazine rings is 1. The lowest BCUT2D eigenvalue weighted by atomic mass is 10.1. The van der Waals surface area contributed by atoms with Crippen molar-refractivity contribution in [3.63, 3.8) is 0 Å². The molecule has 210 valence electrons. The minimum absolute atomic E-state index is 0.0429. The van der Waals surface area contributed by atoms with E-state index >= 15 is 4.39 Å². The first-order chi connectivity index (χ1) is 19.5. The Morgan fingerprint density at radius 2 is 1.88 bits per heavy atom. The highest BCUT2D eigenvalue weighted by Crippen LogP contribution is 2.35. The zero-order chi connectivity index (χ0) is 27.6. The highest BCUT2D eigenvalue weighted by molar-refractivity contribution is 5.94. The van der Waals surface area contributed by atoms with Crippen molar-refractivity contribution in [1.29, 1.82) is 0 Å². The van der Waals surface area contributed by atoms with E-state index in [0.717, 1.165) is 53.7 Å². The van der Waals surface area contributed by atoms with E-state index < -0.39 is 0 Å². The molecule has 1 aromatic heterocycles. The van der Waals surface area contributed by atoms with E-state index in [1.165, 1.54) is 12.5 Å². The number of fused-ring (bicyclic) bond motifs is 2. The van der Waals surface area contributed by atoms with E-state index in [4.69, 9.17) is 14.7 Å². The Morgan fingerprint density at radius 3 is 2.65 bits per heavy atom. The van der Waals surface area contributed by atoms with Crippen LogP contribution in [0.25, 0.3) is 10.8 Å². The van der Waals surface area contributed by atoms with Gasteiger partial charge >= 0.3 is 6.01 Å². The van der Waals surface area contributed by atoms with Crippen LogP contribution in [-0.4, -0.2) is 84.6 Å². The number of carbonyl (C=O) groups is 1. The van der Waals surface area contributed by atoms with Crippen molar-refractivity contribution < 1.29 is 13.9 Å². The molecule has 0 aliphatic carbocycles. The Morgan fingerprint density at radius 1 is 1.05 bits per heavy atom. The molecule has 6 rings (SSSR count). The van der Waals surface area contributed by atoms with Crippen LogP contribution in [0.5, 0.6) is 6.01 Å². The third-order valence-electron chi connectivity index (χ3n) is 8.56. The smallest absolute Gasteiger partial charge is 0.318 e. The molecule has 0 N–H and O–H groups in total. The molecule has 3 aliphatic heterocycles. The average molecular weight is 545 g/mol. The van der Waals surface area contributed by atoms with E-state index in [2.05, 4.69) is 28.3 Å². The van der Waals surface area contributed by atoms with Crippen molar-refractivity contribution in [2.45, 2.75) is 38.3 Å². The van der Waals surface area contributed by atoms with Crippen molar-refractivity contribution in [2.24, 2.45) is 0 Å². The maximum absolute atomic E-state index is 15.4. The van der Waals surface area contributed by atoms with Crippen molar-refractivity contribution in [2.75, 3.05) is 62.7 Å². The molecule has 0 unspecified atom stereocenters. The van der Waals surface area contributed by atoms with Gasteiger partial charge in [0.2, 0.25) is 5.91 Å². The first kappa shape index (κ1) is 26.5. The lowest BCUT2D eigenvalue weighted by molar-refractivity contribution is -0.126. The lowest BCUT2D eigenvalue weighted by Crippen LogP contribution is -2.49. The fraction of sp³-hybridized carbons (Fsp3) is 0.452. The van der Waals surface area contributed by atoms with Gasteiger partial charge in [-0.25, -0.2) is 4.39 Å². The number of halogens is 1. The molecule has 3 aliphatic rings. The molecular weight excluding hydrogens is 507 g/mol. The van der Waals surface area contributed by atoms with Crippen molar-refractivity contribution in [3.05, 3.63) is 66.1 Å². The van der Waals surface area contributed by atoms with Gasteiger partial charge in [-0.05, 0) is 56.8 Å². The summed E-state index contributed by atoms with van der Waals surface area (Å²) in [6.07, 6.45) is 5.29. The van der Waals surface area contributed by atoms with Gasteiger partial charge in [0.05, 0.1) is 17.9 Å². The number of likely N-dealkylation sites (N-methyl/N-ethyl adjacent to an activating group) is 1. The van der Waals surface area contributed by atoms with Gasteiger partial charge < -0.3 is 24.3 Å². The molecule has 2 fully saturated rings. The Hall–Kier alpha value is -3.72. The van der Waals surface area contributed by atoms with E-state index in [9.17, 15) is 4.79 Å². The van der Waals surface area contributed by atoms with Crippen molar-refractivity contribution in [3.8, 4) is 6.01 Å². The molecule has 1 amide bonds. The van der Waals surface area contributed by atoms with Gasteiger partial charge in [0.25, 0.3) is 0 Å². The van der Waals surface area contributed by atoms with Crippen LogP contribution < -0.4 is 14.5 Å². The molecule has 40 heavy (non-hydrogen) atoms. The van der Waals surface area contributed by atoms with Crippen LogP contribution in [0, 0.1) is 5.82 Å². The Labute approximate surface area is 235 Å². The van der Waals surface area contributed by atoms with Crippen LogP contribution in [0.4, 0.5) is 15.9 Å². The SMILES string of the molecule is C=CC(=O)N1CCN(c2nc(OC[C@@H]3CCCN3C)nc3c2CCCN(c2c(F)ccc4ccccc24)C3)CC1. The minimum Gasteiger partial charge on any atom is -0.462 e. The molecule has 0 saturated carbocycles. The summed E-state index contributed by atoms with van der Waals surface area (Å²) >= 11 is 0. The number of benzene rings is 2.